The van der Waals surface area contributed by atoms with E-state index in [2.05, 4.69) is 46.2 Å². The number of hydrogen-bond acceptors (Lipinski definition) is 8. The summed E-state index contributed by atoms with van der Waals surface area (Å²) < 4.78 is 6.48. The van der Waals surface area contributed by atoms with Crippen LogP contribution in [-0.4, -0.2) is 60.6 Å². The molecule has 27 heavy (non-hydrogen) atoms. The monoisotopic (exact) mass is 431 g/mol. The van der Waals surface area contributed by atoms with Crippen molar-refractivity contribution >= 4 is 40.0 Å². The van der Waals surface area contributed by atoms with E-state index < -0.39 is 0 Å². The highest BCUT2D eigenvalue weighted by molar-refractivity contribution is 9.10. The number of hydrogen-bond donors (Lipinski definition) is 1. The number of aromatic nitrogens is 3. The van der Waals surface area contributed by atoms with E-state index in [1.165, 1.54) is 12.8 Å². The van der Waals surface area contributed by atoms with E-state index in [0.29, 0.717) is 31.1 Å². The van der Waals surface area contributed by atoms with E-state index in [9.17, 15) is 0 Å². The Labute approximate surface area is 166 Å². The predicted octanol–water partition coefficient (Wildman–Crippen LogP) is 2.52. The lowest BCUT2D eigenvalue weighted by Crippen LogP contribution is -2.38. The Morgan fingerprint density at radius 1 is 0.926 bits per heavy atom. The van der Waals surface area contributed by atoms with Gasteiger partial charge in [-0.25, -0.2) is 5.43 Å². The first kappa shape index (κ1) is 18.1. The van der Waals surface area contributed by atoms with Crippen LogP contribution in [0.3, 0.4) is 0 Å². The smallest absolute Gasteiger partial charge is 0.250 e. The lowest BCUT2D eigenvalue weighted by atomic mass is 10.2. The van der Waals surface area contributed by atoms with Crippen LogP contribution in [0, 0.1) is 0 Å². The minimum Gasteiger partial charge on any atom is -0.378 e. The Hall–Kier alpha value is -2.26. The van der Waals surface area contributed by atoms with Crippen LogP contribution in [-0.2, 0) is 4.74 Å². The van der Waals surface area contributed by atoms with E-state index in [-0.39, 0.29) is 0 Å². The largest absolute Gasteiger partial charge is 0.378 e. The summed E-state index contributed by atoms with van der Waals surface area (Å²) in [4.78, 5) is 18.2. The molecule has 0 aliphatic carbocycles. The molecule has 8 nitrogen and oxygen atoms in total. The average Bonchev–Trinajstić information content (AvgIpc) is 3.25. The lowest BCUT2D eigenvalue weighted by Gasteiger charge is -2.27. The number of nitrogens with one attached hydrogen (secondary N) is 1. The summed E-state index contributed by atoms with van der Waals surface area (Å²) in [6.45, 7) is 4.91. The van der Waals surface area contributed by atoms with Crippen molar-refractivity contribution in [3.8, 4) is 0 Å². The van der Waals surface area contributed by atoms with Crippen molar-refractivity contribution in [2.45, 2.75) is 12.8 Å². The van der Waals surface area contributed by atoms with Gasteiger partial charge in [0.15, 0.2) is 0 Å². The zero-order chi connectivity index (χ0) is 18.5. The van der Waals surface area contributed by atoms with Crippen molar-refractivity contribution < 1.29 is 4.74 Å². The number of halogens is 1. The third-order valence-electron chi connectivity index (χ3n) is 4.54. The summed E-state index contributed by atoms with van der Waals surface area (Å²) in [5.41, 5.74) is 3.96. The standard InChI is InChI=1S/C18H22BrN7O/c19-15-5-3-14(4-6-15)13-20-24-16-21-17(25-7-1-2-8-25)23-18(22-16)26-9-11-27-12-10-26/h3-6,13H,1-2,7-12H2,(H,21,22,23,24)/b20-13+. The lowest BCUT2D eigenvalue weighted by molar-refractivity contribution is 0.122. The zero-order valence-corrected chi connectivity index (χ0v) is 16.6. The normalized spacial score (nSPS) is 17.7. The molecule has 0 spiro atoms. The molecule has 142 valence electrons. The SMILES string of the molecule is Brc1ccc(/C=N/Nc2nc(N3CCCC3)nc(N3CCOCC3)n2)cc1. The first-order valence-electron chi connectivity index (χ1n) is 9.16. The Morgan fingerprint density at radius 2 is 1.56 bits per heavy atom. The van der Waals surface area contributed by atoms with Crippen molar-refractivity contribution in [1.29, 1.82) is 0 Å². The van der Waals surface area contributed by atoms with Gasteiger partial charge in [-0.15, -0.1) is 0 Å². The number of rotatable bonds is 5. The van der Waals surface area contributed by atoms with Crippen molar-refractivity contribution in [3.63, 3.8) is 0 Å². The molecule has 1 aromatic heterocycles. The molecule has 3 heterocycles. The molecule has 9 heteroatoms. The van der Waals surface area contributed by atoms with Gasteiger partial charge in [-0.05, 0) is 30.5 Å². The molecule has 0 atom stereocenters. The molecule has 0 radical (unpaired) electrons. The Balaban J connectivity index is 1.54. The number of morpholine rings is 1. The van der Waals surface area contributed by atoms with Gasteiger partial charge in [-0.3, -0.25) is 0 Å². The third kappa shape index (κ3) is 4.72. The van der Waals surface area contributed by atoms with Crippen LogP contribution in [0.15, 0.2) is 33.8 Å². The van der Waals surface area contributed by atoms with Crippen LogP contribution in [0.4, 0.5) is 17.8 Å². The third-order valence-corrected chi connectivity index (χ3v) is 5.07. The van der Waals surface area contributed by atoms with E-state index in [1.54, 1.807) is 6.21 Å². The fraction of sp³-hybridized carbons (Fsp3) is 0.444. The summed E-state index contributed by atoms with van der Waals surface area (Å²) in [7, 11) is 0. The molecule has 2 aliphatic rings. The molecule has 2 saturated heterocycles. The minimum absolute atomic E-state index is 0.460. The van der Waals surface area contributed by atoms with Crippen LogP contribution < -0.4 is 15.2 Å². The highest BCUT2D eigenvalue weighted by Crippen LogP contribution is 2.21. The van der Waals surface area contributed by atoms with Gasteiger partial charge in [0.2, 0.25) is 17.8 Å². The van der Waals surface area contributed by atoms with Gasteiger partial charge in [0, 0.05) is 30.7 Å². The predicted molar refractivity (Wildman–Crippen MR) is 110 cm³/mol. The first-order valence-corrected chi connectivity index (χ1v) is 9.95. The van der Waals surface area contributed by atoms with Gasteiger partial charge in [0.05, 0.1) is 19.4 Å². The Kier molecular flexibility index (Phi) is 5.78. The van der Waals surface area contributed by atoms with E-state index >= 15 is 0 Å². The van der Waals surface area contributed by atoms with Gasteiger partial charge in [-0.2, -0.15) is 20.1 Å². The topological polar surface area (TPSA) is 78.8 Å². The molecular formula is C18H22BrN7O. The molecule has 4 rings (SSSR count). The molecule has 1 aromatic carbocycles. The zero-order valence-electron chi connectivity index (χ0n) is 15.0. The highest BCUT2D eigenvalue weighted by Gasteiger charge is 2.21. The molecule has 1 N–H and O–H groups in total. The Bertz CT molecular complexity index is 787. The maximum Gasteiger partial charge on any atom is 0.250 e. The fourth-order valence-corrected chi connectivity index (χ4v) is 3.34. The number of hydrazone groups is 1. The first-order chi connectivity index (χ1) is 13.3. The molecule has 2 aliphatic heterocycles. The van der Waals surface area contributed by atoms with Gasteiger partial charge in [0.25, 0.3) is 0 Å². The van der Waals surface area contributed by atoms with Crippen molar-refractivity contribution in [2.75, 3.05) is 54.6 Å². The van der Waals surface area contributed by atoms with E-state index in [0.717, 1.165) is 36.2 Å². The van der Waals surface area contributed by atoms with Crippen molar-refractivity contribution in [2.24, 2.45) is 5.10 Å². The second-order valence-corrected chi connectivity index (χ2v) is 7.39. The van der Waals surface area contributed by atoms with Gasteiger partial charge in [-0.1, -0.05) is 28.1 Å². The van der Waals surface area contributed by atoms with Gasteiger partial charge in [0.1, 0.15) is 0 Å². The maximum atomic E-state index is 5.44. The van der Waals surface area contributed by atoms with Crippen LogP contribution >= 0.6 is 15.9 Å². The van der Waals surface area contributed by atoms with Gasteiger partial charge < -0.3 is 14.5 Å². The summed E-state index contributed by atoms with van der Waals surface area (Å²) in [6, 6.07) is 7.92. The Morgan fingerprint density at radius 3 is 2.22 bits per heavy atom. The molecule has 0 bridgehead atoms. The molecule has 2 aromatic rings. The van der Waals surface area contributed by atoms with Crippen LogP contribution in [0.25, 0.3) is 0 Å². The van der Waals surface area contributed by atoms with Crippen molar-refractivity contribution in [3.05, 3.63) is 34.3 Å². The molecular weight excluding hydrogens is 410 g/mol. The minimum atomic E-state index is 0.460. The van der Waals surface area contributed by atoms with Crippen LogP contribution in [0.1, 0.15) is 18.4 Å². The van der Waals surface area contributed by atoms with E-state index in [1.807, 2.05) is 24.3 Å². The molecule has 0 saturated carbocycles. The number of anilines is 3. The average molecular weight is 432 g/mol. The fourth-order valence-electron chi connectivity index (χ4n) is 3.08. The van der Waals surface area contributed by atoms with E-state index in [4.69, 9.17) is 9.72 Å². The molecule has 2 fully saturated rings. The number of nitrogens with zero attached hydrogens (tertiary/aromatic N) is 6. The summed E-state index contributed by atoms with van der Waals surface area (Å²) in [5.74, 6) is 1.85. The quantitative estimate of drug-likeness (QED) is 0.575. The number of ether oxygens (including phenoxy) is 1. The van der Waals surface area contributed by atoms with Gasteiger partial charge >= 0.3 is 0 Å². The van der Waals surface area contributed by atoms with Crippen molar-refractivity contribution in [1.82, 2.24) is 15.0 Å². The van der Waals surface area contributed by atoms with Crippen LogP contribution in [0.5, 0.6) is 0 Å². The summed E-state index contributed by atoms with van der Waals surface area (Å²) >= 11 is 3.43. The second-order valence-electron chi connectivity index (χ2n) is 6.47. The summed E-state index contributed by atoms with van der Waals surface area (Å²) in [5, 5.41) is 4.29. The highest BCUT2D eigenvalue weighted by atomic mass is 79.9. The maximum absolute atomic E-state index is 5.44. The molecule has 0 unspecified atom stereocenters. The van der Waals surface area contributed by atoms with Crippen LogP contribution in [0.2, 0.25) is 0 Å². The summed E-state index contributed by atoms with van der Waals surface area (Å²) in [6.07, 6.45) is 4.09. The number of benzene rings is 1. The second kappa shape index (κ2) is 8.62. The molecule has 0 amide bonds.